The second-order valence-electron chi connectivity index (χ2n) is 8.82. The molecule has 0 spiro atoms. The molecule has 1 fully saturated rings. The Bertz CT molecular complexity index is 683. The lowest BCUT2D eigenvalue weighted by atomic mass is 9.79. The summed E-state index contributed by atoms with van der Waals surface area (Å²) in [6, 6.07) is 12.8. The minimum absolute atomic E-state index is 0.812. The summed E-state index contributed by atoms with van der Waals surface area (Å²) in [6.07, 6.45) is 16.6. The van der Waals surface area contributed by atoms with Gasteiger partial charge in [-0.25, -0.2) is 0 Å². The molecule has 1 aliphatic carbocycles. The van der Waals surface area contributed by atoms with Gasteiger partial charge >= 0.3 is 0 Å². The average Bonchev–Trinajstić information content (AvgIpc) is 2.79. The van der Waals surface area contributed by atoms with Crippen molar-refractivity contribution in [3.63, 3.8) is 0 Å². The van der Waals surface area contributed by atoms with Gasteiger partial charge in [-0.1, -0.05) is 71.3 Å². The highest BCUT2D eigenvalue weighted by Crippen LogP contribution is 2.33. The van der Waals surface area contributed by atoms with Crippen LogP contribution < -0.4 is 4.74 Å². The van der Waals surface area contributed by atoms with Gasteiger partial charge in [0.1, 0.15) is 5.75 Å². The second kappa shape index (κ2) is 12.0. The van der Waals surface area contributed by atoms with Gasteiger partial charge in [0.25, 0.3) is 0 Å². The number of rotatable bonds is 11. The van der Waals surface area contributed by atoms with Crippen molar-refractivity contribution in [3.8, 4) is 17.0 Å². The summed E-state index contributed by atoms with van der Waals surface area (Å²) in [4.78, 5) is 4.72. The normalized spacial score (nSPS) is 19.2. The Balaban J connectivity index is 1.43. The van der Waals surface area contributed by atoms with Crippen molar-refractivity contribution in [1.82, 2.24) is 4.98 Å². The number of ether oxygens (including phenoxy) is 1. The summed E-state index contributed by atoms with van der Waals surface area (Å²) in [6.45, 7) is 5.39. The molecule has 2 nitrogen and oxygen atoms in total. The first kappa shape index (κ1) is 21.9. The summed E-state index contributed by atoms with van der Waals surface area (Å²) in [7, 11) is 0. The molecule has 2 aromatic rings. The zero-order valence-corrected chi connectivity index (χ0v) is 18.5. The predicted molar refractivity (Wildman–Crippen MR) is 123 cm³/mol. The number of unbranched alkanes of at least 4 members (excludes halogenated alkanes) is 3. The number of aryl methyl sites for hydroxylation is 1. The van der Waals surface area contributed by atoms with Crippen LogP contribution in [0.15, 0.2) is 42.6 Å². The second-order valence-corrected chi connectivity index (χ2v) is 8.82. The first-order chi connectivity index (χ1) is 14.3. The van der Waals surface area contributed by atoms with Crippen molar-refractivity contribution in [1.29, 1.82) is 0 Å². The van der Waals surface area contributed by atoms with Crippen molar-refractivity contribution in [3.05, 3.63) is 48.2 Å². The molecule has 29 heavy (non-hydrogen) atoms. The molecular formula is C27H39NO. The van der Waals surface area contributed by atoms with Crippen LogP contribution in [0.25, 0.3) is 11.3 Å². The number of aromatic nitrogens is 1. The SMILES string of the molecule is CCCCCCOc1ccc(-c2ccc(CCC3CCC(CC)CC3)cn2)cc1. The van der Waals surface area contributed by atoms with Crippen molar-refractivity contribution < 1.29 is 4.74 Å². The van der Waals surface area contributed by atoms with Crippen LogP contribution in [-0.2, 0) is 6.42 Å². The molecule has 0 unspecified atom stereocenters. The first-order valence-electron chi connectivity index (χ1n) is 12.0. The summed E-state index contributed by atoms with van der Waals surface area (Å²) in [5.41, 5.74) is 3.58. The average molecular weight is 394 g/mol. The van der Waals surface area contributed by atoms with E-state index >= 15 is 0 Å². The Morgan fingerprint density at radius 3 is 2.28 bits per heavy atom. The van der Waals surface area contributed by atoms with Crippen molar-refractivity contribution >= 4 is 0 Å². The van der Waals surface area contributed by atoms with E-state index in [0.29, 0.717) is 0 Å². The van der Waals surface area contributed by atoms with Gasteiger partial charge in [-0.3, -0.25) is 4.98 Å². The molecule has 0 amide bonds. The Morgan fingerprint density at radius 2 is 1.62 bits per heavy atom. The van der Waals surface area contributed by atoms with E-state index in [1.165, 1.54) is 69.8 Å². The van der Waals surface area contributed by atoms with Gasteiger partial charge in [0.05, 0.1) is 12.3 Å². The summed E-state index contributed by atoms with van der Waals surface area (Å²) in [5.74, 6) is 2.87. The highest BCUT2D eigenvalue weighted by atomic mass is 16.5. The van der Waals surface area contributed by atoms with Gasteiger partial charge in [0, 0.05) is 11.8 Å². The number of nitrogens with zero attached hydrogens (tertiary/aromatic N) is 1. The standard InChI is InChI=1S/C27H39NO/c1-3-5-6-7-20-29-26-17-15-25(16-18-26)27-19-14-24(21-28-27)13-12-23-10-8-22(4-2)9-11-23/h14-19,21-23H,3-13,20H2,1-2H3. The summed E-state index contributed by atoms with van der Waals surface area (Å²) in [5, 5.41) is 0. The molecule has 0 atom stereocenters. The highest BCUT2D eigenvalue weighted by Gasteiger charge is 2.19. The van der Waals surface area contributed by atoms with E-state index in [9.17, 15) is 0 Å². The molecule has 1 aromatic heterocycles. The van der Waals surface area contributed by atoms with Gasteiger partial charge in [-0.2, -0.15) is 0 Å². The molecule has 0 radical (unpaired) electrons. The smallest absolute Gasteiger partial charge is 0.119 e. The largest absolute Gasteiger partial charge is 0.494 e. The lowest BCUT2D eigenvalue weighted by molar-refractivity contribution is 0.259. The lowest BCUT2D eigenvalue weighted by Gasteiger charge is -2.27. The van der Waals surface area contributed by atoms with Crippen LogP contribution >= 0.6 is 0 Å². The third-order valence-corrected chi connectivity index (χ3v) is 6.63. The molecule has 2 heteroatoms. The number of hydrogen-bond donors (Lipinski definition) is 0. The van der Waals surface area contributed by atoms with Crippen molar-refractivity contribution in [2.75, 3.05) is 6.61 Å². The Hall–Kier alpha value is -1.83. The number of benzene rings is 1. The van der Waals surface area contributed by atoms with Crippen LogP contribution in [0.5, 0.6) is 5.75 Å². The Kier molecular flexibility index (Phi) is 9.05. The van der Waals surface area contributed by atoms with E-state index < -0.39 is 0 Å². The van der Waals surface area contributed by atoms with E-state index in [-0.39, 0.29) is 0 Å². The molecule has 3 rings (SSSR count). The van der Waals surface area contributed by atoms with E-state index in [1.54, 1.807) is 0 Å². The van der Waals surface area contributed by atoms with E-state index in [0.717, 1.165) is 41.9 Å². The minimum atomic E-state index is 0.812. The molecule has 1 saturated carbocycles. The molecule has 1 aliphatic rings. The number of hydrogen-bond acceptors (Lipinski definition) is 2. The molecular weight excluding hydrogens is 354 g/mol. The number of pyridine rings is 1. The summed E-state index contributed by atoms with van der Waals surface area (Å²) < 4.78 is 5.85. The fourth-order valence-corrected chi connectivity index (χ4v) is 4.48. The Morgan fingerprint density at radius 1 is 0.862 bits per heavy atom. The monoisotopic (exact) mass is 393 g/mol. The van der Waals surface area contributed by atoms with Crippen LogP contribution in [0.4, 0.5) is 0 Å². The molecule has 0 saturated heterocycles. The van der Waals surface area contributed by atoms with Crippen LogP contribution in [0, 0.1) is 11.8 Å². The van der Waals surface area contributed by atoms with E-state index in [1.807, 2.05) is 0 Å². The maximum Gasteiger partial charge on any atom is 0.119 e. The van der Waals surface area contributed by atoms with Gasteiger partial charge in [-0.15, -0.1) is 0 Å². The topological polar surface area (TPSA) is 22.1 Å². The van der Waals surface area contributed by atoms with Crippen LogP contribution in [0.1, 0.15) is 83.6 Å². The molecule has 0 bridgehead atoms. The molecule has 158 valence electrons. The predicted octanol–water partition coefficient (Wildman–Crippen LogP) is 7.86. The molecule has 0 aliphatic heterocycles. The molecule has 1 aromatic carbocycles. The fourth-order valence-electron chi connectivity index (χ4n) is 4.48. The first-order valence-corrected chi connectivity index (χ1v) is 12.0. The third kappa shape index (κ3) is 7.17. The van der Waals surface area contributed by atoms with Gasteiger partial charge in [-0.05, 0) is 67.0 Å². The maximum absolute atomic E-state index is 5.85. The quantitative estimate of drug-likeness (QED) is 0.362. The zero-order valence-electron chi connectivity index (χ0n) is 18.5. The minimum Gasteiger partial charge on any atom is -0.494 e. The fraction of sp³-hybridized carbons (Fsp3) is 0.593. The maximum atomic E-state index is 5.85. The lowest BCUT2D eigenvalue weighted by Crippen LogP contribution is -2.14. The van der Waals surface area contributed by atoms with Gasteiger partial charge < -0.3 is 4.74 Å². The van der Waals surface area contributed by atoms with Crippen LogP contribution in [0.2, 0.25) is 0 Å². The van der Waals surface area contributed by atoms with Crippen molar-refractivity contribution in [2.24, 2.45) is 11.8 Å². The third-order valence-electron chi connectivity index (χ3n) is 6.63. The molecule has 1 heterocycles. The van der Waals surface area contributed by atoms with Gasteiger partial charge in [0.2, 0.25) is 0 Å². The Labute approximate surface area is 178 Å². The summed E-state index contributed by atoms with van der Waals surface area (Å²) >= 11 is 0. The van der Waals surface area contributed by atoms with E-state index in [2.05, 4.69) is 56.4 Å². The van der Waals surface area contributed by atoms with Crippen LogP contribution in [0.3, 0.4) is 0 Å². The van der Waals surface area contributed by atoms with Gasteiger partial charge in [0.15, 0.2) is 0 Å². The van der Waals surface area contributed by atoms with Crippen molar-refractivity contribution in [2.45, 2.75) is 84.5 Å². The van der Waals surface area contributed by atoms with E-state index in [4.69, 9.17) is 9.72 Å². The molecule has 0 N–H and O–H groups in total. The highest BCUT2D eigenvalue weighted by molar-refractivity contribution is 5.60. The zero-order chi connectivity index (χ0) is 20.3. The van der Waals surface area contributed by atoms with Crippen LogP contribution in [-0.4, -0.2) is 11.6 Å².